The number of nitriles is 1. The van der Waals surface area contributed by atoms with E-state index in [1.807, 2.05) is 0 Å². The lowest BCUT2D eigenvalue weighted by Gasteiger charge is -2.26. The second-order valence-electron chi connectivity index (χ2n) is 8.10. The minimum absolute atomic E-state index is 0.264. The maximum absolute atomic E-state index is 10.9. The molecule has 4 nitrogen and oxygen atoms in total. The average molecular weight is 386 g/mol. The van der Waals surface area contributed by atoms with Gasteiger partial charge in [-0.15, -0.1) is 0 Å². The van der Waals surface area contributed by atoms with Gasteiger partial charge in [0.25, 0.3) is 0 Å². The van der Waals surface area contributed by atoms with E-state index >= 15 is 0 Å². The van der Waals surface area contributed by atoms with Crippen LogP contribution in [-0.2, 0) is 14.3 Å². The first-order chi connectivity index (χ1) is 13.7. The molecule has 4 heteroatoms. The van der Waals surface area contributed by atoms with Gasteiger partial charge in [-0.25, -0.2) is 4.79 Å². The van der Waals surface area contributed by atoms with Crippen LogP contribution in [0.5, 0.6) is 0 Å². The molecule has 2 aliphatic rings. The minimum Gasteiger partial charge on any atom is -0.463 e. The van der Waals surface area contributed by atoms with E-state index in [0.717, 1.165) is 83.7 Å². The maximum atomic E-state index is 10.9. The molecule has 0 N–H and O–H groups in total. The maximum Gasteiger partial charge on any atom is 0.330 e. The smallest absolute Gasteiger partial charge is 0.330 e. The van der Waals surface area contributed by atoms with Crippen molar-refractivity contribution in [1.29, 1.82) is 5.26 Å². The predicted molar refractivity (Wildman–Crippen MR) is 110 cm³/mol. The van der Waals surface area contributed by atoms with Gasteiger partial charge >= 0.3 is 5.97 Å². The van der Waals surface area contributed by atoms with Gasteiger partial charge in [0.1, 0.15) is 0 Å². The first kappa shape index (κ1) is 22.5. The van der Waals surface area contributed by atoms with Crippen molar-refractivity contribution in [3.63, 3.8) is 0 Å². The van der Waals surface area contributed by atoms with Crippen LogP contribution in [0.2, 0.25) is 0 Å². The van der Waals surface area contributed by atoms with E-state index in [2.05, 4.69) is 24.5 Å². The summed E-state index contributed by atoms with van der Waals surface area (Å²) >= 11 is 0. The monoisotopic (exact) mass is 385 g/mol. The van der Waals surface area contributed by atoms with Gasteiger partial charge in [-0.1, -0.05) is 24.8 Å². The zero-order chi connectivity index (χ0) is 20.0. The third kappa shape index (κ3) is 8.94. The highest BCUT2D eigenvalue weighted by atomic mass is 16.5. The van der Waals surface area contributed by atoms with Crippen molar-refractivity contribution in [3.05, 3.63) is 12.7 Å². The molecular formula is C24H35NO3. The molecule has 0 aliphatic heterocycles. The zero-order valence-electron chi connectivity index (χ0n) is 17.2. The Morgan fingerprint density at radius 1 is 0.857 bits per heavy atom. The van der Waals surface area contributed by atoms with Gasteiger partial charge in [-0.05, 0) is 70.6 Å². The number of carbonyl (C=O) groups excluding carboxylic acids is 1. The van der Waals surface area contributed by atoms with Gasteiger partial charge in [-0.2, -0.15) is 5.26 Å². The highest BCUT2D eigenvalue weighted by molar-refractivity contribution is 5.81. The molecule has 0 bridgehead atoms. The molecule has 2 aliphatic carbocycles. The lowest BCUT2D eigenvalue weighted by atomic mass is 9.82. The Morgan fingerprint density at radius 2 is 1.39 bits per heavy atom. The normalized spacial score (nSPS) is 27.1. The number of unbranched alkanes of at least 4 members (excludes halogenated alkanes) is 3. The van der Waals surface area contributed by atoms with Crippen molar-refractivity contribution in [3.8, 4) is 17.9 Å². The van der Waals surface area contributed by atoms with Crippen LogP contribution in [0.4, 0.5) is 0 Å². The molecule has 0 amide bonds. The Hall–Kier alpha value is -1.78. The van der Waals surface area contributed by atoms with Gasteiger partial charge in [0.15, 0.2) is 0 Å². The van der Waals surface area contributed by atoms with Gasteiger partial charge in [0.05, 0.1) is 18.8 Å². The fourth-order valence-corrected chi connectivity index (χ4v) is 4.02. The van der Waals surface area contributed by atoms with Crippen molar-refractivity contribution >= 4 is 5.97 Å². The summed E-state index contributed by atoms with van der Waals surface area (Å²) in [6.45, 7) is 4.69. The fourth-order valence-electron chi connectivity index (χ4n) is 4.02. The number of rotatable bonds is 9. The zero-order valence-corrected chi connectivity index (χ0v) is 17.2. The molecule has 0 spiro atoms. The van der Waals surface area contributed by atoms with Gasteiger partial charge in [-0.3, -0.25) is 0 Å². The average Bonchev–Trinajstić information content (AvgIpc) is 2.75. The Balaban J connectivity index is 1.47. The molecule has 2 rings (SSSR count). The third-order valence-corrected chi connectivity index (χ3v) is 5.88. The molecule has 154 valence electrons. The quantitative estimate of drug-likeness (QED) is 0.237. The number of hydrogen-bond acceptors (Lipinski definition) is 4. The molecule has 28 heavy (non-hydrogen) atoms. The van der Waals surface area contributed by atoms with E-state index in [1.54, 1.807) is 0 Å². The van der Waals surface area contributed by atoms with Crippen LogP contribution in [0.25, 0.3) is 0 Å². The van der Waals surface area contributed by atoms with E-state index in [1.165, 1.54) is 6.08 Å². The Morgan fingerprint density at radius 3 is 1.96 bits per heavy atom. The topological polar surface area (TPSA) is 59.3 Å². The summed E-state index contributed by atoms with van der Waals surface area (Å²) in [4.78, 5) is 10.9. The first-order valence-corrected chi connectivity index (χ1v) is 11.0. The standard InChI is InChI=1S/C24H35NO3/c1-2-24(26)28-18-6-4-3-5-17-27-23-15-13-21(14-16-23)8-7-20-9-11-22(19-25)12-10-20/h2,20-23H,1,3-6,9-18H2. The van der Waals surface area contributed by atoms with E-state index in [4.69, 9.17) is 14.7 Å². The number of nitrogens with zero attached hydrogens (tertiary/aromatic N) is 1. The van der Waals surface area contributed by atoms with Crippen LogP contribution in [0.15, 0.2) is 12.7 Å². The molecule has 0 radical (unpaired) electrons. The lowest BCUT2D eigenvalue weighted by Crippen LogP contribution is -2.21. The van der Waals surface area contributed by atoms with Gasteiger partial charge < -0.3 is 9.47 Å². The van der Waals surface area contributed by atoms with Crippen LogP contribution >= 0.6 is 0 Å². The second kappa shape index (κ2) is 13.4. The third-order valence-electron chi connectivity index (χ3n) is 5.88. The summed E-state index contributed by atoms with van der Waals surface area (Å²) in [6.07, 6.45) is 14.5. The van der Waals surface area contributed by atoms with Crippen molar-refractivity contribution in [1.82, 2.24) is 0 Å². The van der Waals surface area contributed by atoms with E-state index < -0.39 is 0 Å². The summed E-state index contributed by atoms with van der Waals surface area (Å²) in [7, 11) is 0. The summed E-state index contributed by atoms with van der Waals surface area (Å²) in [5, 5.41) is 8.97. The lowest BCUT2D eigenvalue weighted by molar-refractivity contribution is -0.137. The molecule has 2 fully saturated rings. The van der Waals surface area contributed by atoms with E-state index in [9.17, 15) is 4.79 Å². The molecule has 0 saturated heterocycles. The van der Waals surface area contributed by atoms with Crippen molar-refractivity contribution in [2.24, 2.45) is 17.8 Å². The van der Waals surface area contributed by atoms with E-state index in [-0.39, 0.29) is 11.9 Å². The van der Waals surface area contributed by atoms with Gasteiger partial charge in [0, 0.05) is 30.4 Å². The molecule has 2 saturated carbocycles. The molecule has 0 aromatic heterocycles. The van der Waals surface area contributed by atoms with Crippen molar-refractivity contribution in [2.75, 3.05) is 13.2 Å². The Labute approximate surface area is 170 Å². The van der Waals surface area contributed by atoms with Crippen molar-refractivity contribution in [2.45, 2.75) is 83.2 Å². The second-order valence-corrected chi connectivity index (χ2v) is 8.10. The highest BCUT2D eigenvalue weighted by Gasteiger charge is 2.22. The molecule has 0 atom stereocenters. The van der Waals surface area contributed by atoms with E-state index in [0.29, 0.717) is 24.5 Å². The van der Waals surface area contributed by atoms with Crippen LogP contribution in [0.3, 0.4) is 0 Å². The summed E-state index contributed by atoms with van der Waals surface area (Å²) in [5.74, 6) is 8.00. The van der Waals surface area contributed by atoms with Crippen LogP contribution < -0.4 is 0 Å². The Bertz CT molecular complexity index is 567. The number of carbonyl (C=O) groups is 1. The molecule has 0 unspecified atom stereocenters. The number of hydrogen-bond donors (Lipinski definition) is 0. The molecule has 0 aromatic carbocycles. The summed E-state index contributed by atoms with van der Waals surface area (Å²) in [5.41, 5.74) is 0. The SMILES string of the molecule is C=CC(=O)OCCCCCCOC1CCC(C#CC2CCC(C#N)CC2)CC1. The van der Waals surface area contributed by atoms with Crippen LogP contribution in [0.1, 0.15) is 77.0 Å². The summed E-state index contributed by atoms with van der Waals surface area (Å²) < 4.78 is 11.0. The Kier molecular flexibility index (Phi) is 10.8. The number of esters is 1. The molecule has 0 heterocycles. The highest BCUT2D eigenvalue weighted by Crippen LogP contribution is 2.29. The molecular weight excluding hydrogens is 350 g/mol. The minimum atomic E-state index is -0.338. The summed E-state index contributed by atoms with van der Waals surface area (Å²) in [6, 6.07) is 2.39. The fraction of sp³-hybridized carbons (Fsp3) is 0.750. The van der Waals surface area contributed by atoms with Crippen LogP contribution in [0, 0.1) is 40.9 Å². The van der Waals surface area contributed by atoms with Crippen molar-refractivity contribution < 1.29 is 14.3 Å². The number of ether oxygens (including phenoxy) is 2. The largest absolute Gasteiger partial charge is 0.463 e. The van der Waals surface area contributed by atoms with Crippen LogP contribution in [-0.4, -0.2) is 25.3 Å². The first-order valence-electron chi connectivity index (χ1n) is 11.0. The predicted octanol–water partition coefficient (Wildman–Crippen LogP) is 5.18. The molecule has 0 aromatic rings. The van der Waals surface area contributed by atoms with Gasteiger partial charge in [0.2, 0.25) is 0 Å².